The molecule has 0 amide bonds. The molecule has 0 atom stereocenters. The summed E-state index contributed by atoms with van der Waals surface area (Å²) in [5, 5.41) is 3.26. The fourth-order valence-corrected chi connectivity index (χ4v) is 4.13. The van der Waals surface area contributed by atoms with Gasteiger partial charge in [-0.3, -0.25) is 0 Å². The van der Waals surface area contributed by atoms with Crippen LogP contribution in [-0.2, 0) is 10.0 Å². The third-order valence-electron chi connectivity index (χ3n) is 3.97. The predicted octanol–water partition coefficient (Wildman–Crippen LogP) is 2.07. The monoisotopic (exact) mass is 290 g/mol. The van der Waals surface area contributed by atoms with Crippen LogP contribution in [0.25, 0.3) is 0 Å². The molecule has 0 aromatic rings. The quantitative estimate of drug-likeness (QED) is 0.730. The van der Waals surface area contributed by atoms with Gasteiger partial charge in [-0.2, -0.15) is 0 Å². The van der Waals surface area contributed by atoms with Crippen molar-refractivity contribution in [2.24, 2.45) is 11.8 Å². The van der Waals surface area contributed by atoms with Crippen molar-refractivity contribution in [3.8, 4) is 0 Å². The number of hydrogen-bond donors (Lipinski definition) is 1. The fourth-order valence-electron chi connectivity index (χ4n) is 2.60. The minimum atomic E-state index is -3.04. The molecule has 114 valence electrons. The second kappa shape index (κ2) is 7.60. The number of rotatable bonds is 7. The zero-order chi connectivity index (χ0) is 14.5. The van der Waals surface area contributed by atoms with Gasteiger partial charge in [0.15, 0.2) is 0 Å². The average molecular weight is 290 g/mol. The molecule has 1 aliphatic heterocycles. The van der Waals surface area contributed by atoms with Gasteiger partial charge >= 0.3 is 0 Å². The Morgan fingerprint density at radius 3 is 2.21 bits per heavy atom. The summed E-state index contributed by atoms with van der Waals surface area (Å²) in [6.45, 7) is 10.8. The first-order chi connectivity index (χ1) is 8.83. The first-order valence-electron chi connectivity index (χ1n) is 7.54. The maximum absolute atomic E-state index is 12.2. The third-order valence-corrected chi connectivity index (χ3v) is 5.92. The standard InChI is InChI=1S/C14H30N2O2S/c1-12(2)14-6-9-16(10-7-14)19(17,18)11-5-8-15-13(3)4/h12-15H,5-11H2,1-4H3. The Balaban J connectivity index is 2.34. The van der Waals surface area contributed by atoms with Crippen LogP contribution in [0.5, 0.6) is 0 Å². The van der Waals surface area contributed by atoms with E-state index in [-0.39, 0.29) is 5.75 Å². The summed E-state index contributed by atoms with van der Waals surface area (Å²) in [7, 11) is -3.04. The Morgan fingerprint density at radius 2 is 1.74 bits per heavy atom. The molecule has 0 radical (unpaired) electrons. The molecule has 1 N–H and O–H groups in total. The summed E-state index contributed by atoms with van der Waals surface area (Å²) < 4.78 is 26.1. The van der Waals surface area contributed by atoms with E-state index in [4.69, 9.17) is 0 Å². The smallest absolute Gasteiger partial charge is 0.214 e. The highest BCUT2D eigenvalue weighted by Crippen LogP contribution is 2.25. The van der Waals surface area contributed by atoms with Crippen LogP contribution in [0.4, 0.5) is 0 Å². The summed E-state index contributed by atoms with van der Waals surface area (Å²) in [5.41, 5.74) is 0. The summed E-state index contributed by atoms with van der Waals surface area (Å²) in [6, 6.07) is 0.421. The van der Waals surface area contributed by atoms with Gasteiger partial charge in [0, 0.05) is 19.1 Å². The van der Waals surface area contributed by atoms with E-state index in [9.17, 15) is 8.42 Å². The highest BCUT2D eigenvalue weighted by atomic mass is 32.2. The van der Waals surface area contributed by atoms with Crippen LogP contribution in [0.2, 0.25) is 0 Å². The molecule has 0 aromatic carbocycles. The average Bonchev–Trinajstić information content (AvgIpc) is 2.34. The van der Waals surface area contributed by atoms with E-state index in [0.717, 1.165) is 19.4 Å². The molecule has 1 fully saturated rings. The van der Waals surface area contributed by atoms with Crippen molar-refractivity contribution in [3.05, 3.63) is 0 Å². The lowest BCUT2D eigenvalue weighted by molar-refractivity contribution is 0.226. The molecule has 0 aromatic heterocycles. The Labute approximate surface area is 119 Å². The first-order valence-corrected chi connectivity index (χ1v) is 9.15. The van der Waals surface area contributed by atoms with Gasteiger partial charge in [0.2, 0.25) is 10.0 Å². The second-order valence-corrected chi connectivity index (χ2v) is 8.35. The Bertz CT molecular complexity index is 344. The number of hydrogen-bond acceptors (Lipinski definition) is 3. The Hall–Kier alpha value is -0.130. The maximum atomic E-state index is 12.2. The highest BCUT2D eigenvalue weighted by Gasteiger charge is 2.28. The molecule has 4 nitrogen and oxygen atoms in total. The Morgan fingerprint density at radius 1 is 1.16 bits per heavy atom. The Kier molecular flexibility index (Phi) is 6.77. The van der Waals surface area contributed by atoms with E-state index < -0.39 is 10.0 Å². The van der Waals surface area contributed by atoms with Gasteiger partial charge in [0.05, 0.1) is 5.75 Å². The molecule has 1 heterocycles. The lowest BCUT2D eigenvalue weighted by atomic mass is 9.87. The molecule has 1 rings (SSSR count). The van der Waals surface area contributed by atoms with E-state index in [1.54, 1.807) is 4.31 Å². The predicted molar refractivity (Wildman–Crippen MR) is 80.7 cm³/mol. The minimum absolute atomic E-state index is 0.277. The zero-order valence-corrected chi connectivity index (χ0v) is 13.7. The molecule has 1 aliphatic rings. The lowest BCUT2D eigenvalue weighted by Gasteiger charge is -2.33. The molecule has 0 saturated carbocycles. The minimum Gasteiger partial charge on any atom is -0.314 e. The molecular weight excluding hydrogens is 260 g/mol. The van der Waals surface area contributed by atoms with Crippen molar-refractivity contribution in [1.29, 1.82) is 0 Å². The summed E-state index contributed by atoms with van der Waals surface area (Å²) in [6.07, 6.45) is 2.73. The fraction of sp³-hybridized carbons (Fsp3) is 1.00. The molecular formula is C14H30N2O2S. The molecule has 0 bridgehead atoms. The van der Waals surface area contributed by atoms with E-state index in [0.29, 0.717) is 37.4 Å². The topological polar surface area (TPSA) is 49.4 Å². The van der Waals surface area contributed by atoms with Crippen molar-refractivity contribution in [3.63, 3.8) is 0 Å². The van der Waals surface area contributed by atoms with Gasteiger partial charge in [-0.1, -0.05) is 27.7 Å². The van der Waals surface area contributed by atoms with Gasteiger partial charge in [0.1, 0.15) is 0 Å². The zero-order valence-electron chi connectivity index (χ0n) is 12.9. The van der Waals surface area contributed by atoms with Crippen LogP contribution < -0.4 is 5.32 Å². The first kappa shape index (κ1) is 16.9. The van der Waals surface area contributed by atoms with Crippen molar-refractivity contribution in [2.45, 2.75) is 53.0 Å². The number of piperidine rings is 1. The van der Waals surface area contributed by atoms with Gasteiger partial charge in [-0.25, -0.2) is 12.7 Å². The molecule has 1 saturated heterocycles. The van der Waals surface area contributed by atoms with Gasteiger partial charge < -0.3 is 5.32 Å². The van der Waals surface area contributed by atoms with Crippen LogP contribution in [0.3, 0.4) is 0 Å². The van der Waals surface area contributed by atoms with E-state index in [1.807, 2.05) is 0 Å². The third kappa shape index (κ3) is 5.79. The van der Waals surface area contributed by atoms with Crippen molar-refractivity contribution < 1.29 is 8.42 Å². The number of nitrogens with one attached hydrogen (secondary N) is 1. The van der Waals surface area contributed by atoms with Crippen LogP contribution in [0.15, 0.2) is 0 Å². The number of nitrogens with zero attached hydrogens (tertiary/aromatic N) is 1. The van der Waals surface area contributed by atoms with E-state index >= 15 is 0 Å². The molecule has 5 heteroatoms. The van der Waals surface area contributed by atoms with Crippen molar-refractivity contribution in [1.82, 2.24) is 9.62 Å². The SMILES string of the molecule is CC(C)NCCCS(=O)(=O)N1CCC(C(C)C)CC1. The van der Waals surface area contributed by atoms with Crippen LogP contribution in [-0.4, -0.2) is 44.2 Å². The van der Waals surface area contributed by atoms with E-state index in [2.05, 4.69) is 33.0 Å². The molecule has 0 unspecified atom stereocenters. The highest BCUT2D eigenvalue weighted by molar-refractivity contribution is 7.89. The lowest BCUT2D eigenvalue weighted by Crippen LogP contribution is -2.41. The molecule has 0 aliphatic carbocycles. The van der Waals surface area contributed by atoms with Crippen LogP contribution in [0.1, 0.15) is 47.0 Å². The normalized spacial score (nSPS) is 19.5. The van der Waals surface area contributed by atoms with Crippen molar-refractivity contribution >= 4 is 10.0 Å². The summed E-state index contributed by atoms with van der Waals surface area (Å²) in [4.78, 5) is 0. The largest absolute Gasteiger partial charge is 0.314 e. The maximum Gasteiger partial charge on any atom is 0.214 e. The van der Waals surface area contributed by atoms with E-state index in [1.165, 1.54) is 0 Å². The summed E-state index contributed by atoms with van der Waals surface area (Å²) >= 11 is 0. The molecule has 0 spiro atoms. The van der Waals surface area contributed by atoms with Crippen LogP contribution in [0, 0.1) is 11.8 Å². The van der Waals surface area contributed by atoms with Gasteiger partial charge in [-0.05, 0) is 37.6 Å². The number of sulfonamides is 1. The van der Waals surface area contributed by atoms with Gasteiger partial charge in [0.25, 0.3) is 0 Å². The molecule has 19 heavy (non-hydrogen) atoms. The summed E-state index contributed by atoms with van der Waals surface area (Å²) in [5.74, 6) is 1.63. The second-order valence-electron chi connectivity index (χ2n) is 6.26. The van der Waals surface area contributed by atoms with Crippen molar-refractivity contribution in [2.75, 3.05) is 25.4 Å². The van der Waals surface area contributed by atoms with Crippen LogP contribution >= 0.6 is 0 Å². The van der Waals surface area contributed by atoms with Gasteiger partial charge in [-0.15, -0.1) is 0 Å².